The second-order valence-corrected chi connectivity index (χ2v) is 6.06. The Kier molecular flexibility index (Phi) is 2.26. The standard InChI is InChI=1S/C16H18O2/c17-16(14-8-12-7-13(12)9-14)11-3-4-15-10(6-11)2-1-5-18-15/h3-4,6,12-14H,1-2,5,7-9H2. The van der Waals surface area contributed by atoms with Gasteiger partial charge in [-0.2, -0.15) is 0 Å². The number of ketones is 1. The smallest absolute Gasteiger partial charge is 0.165 e. The Balaban J connectivity index is 1.58. The minimum atomic E-state index is 0.302. The van der Waals surface area contributed by atoms with Gasteiger partial charge in [0.1, 0.15) is 5.75 Å². The molecule has 0 N–H and O–H groups in total. The fourth-order valence-corrected chi connectivity index (χ4v) is 3.68. The molecule has 2 heteroatoms. The molecule has 94 valence electrons. The van der Waals surface area contributed by atoms with E-state index < -0.39 is 0 Å². The SMILES string of the molecule is O=C(c1ccc2c(c1)CCCO2)C1CC2CC2C1. The van der Waals surface area contributed by atoms with Gasteiger partial charge >= 0.3 is 0 Å². The quantitative estimate of drug-likeness (QED) is 0.744. The van der Waals surface area contributed by atoms with Crippen molar-refractivity contribution in [3.8, 4) is 5.75 Å². The Morgan fingerprint density at radius 2 is 2.00 bits per heavy atom. The maximum atomic E-state index is 12.5. The van der Waals surface area contributed by atoms with E-state index in [2.05, 4.69) is 6.07 Å². The third-order valence-corrected chi connectivity index (χ3v) is 4.81. The highest BCUT2D eigenvalue weighted by molar-refractivity contribution is 5.98. The highest BCUT2D eigenvalue weighted by Gasteiger charge is 2.48. The lowest BCUT2D eigenvalue weighted by Gasteiger charge is -2.18. The first-order valence-corrected chi connectivity index (χ1v) is 7.11. The zero-order valence-electron chi connectivity index (χ0n) is 10.5. The van der Waals surface area contributed by atoms with Crippen molar-refractivity contribution in [3.05, 3.63) is 29.3 Å². The summed E-state index contributed by atoms with van der Waals surface area (Å²) in [5.41, 5.74) is 2.13. The van der Waals surface area contributed by atoms with Gasteiger partial charge in [0, 0.05) is 11.5 Å². The van der Waals surface area contributed by atoms with Crippen LogP contribution in [-0.4, -0.2) is 12.4 Å². The van der Waals surface area contributed by atoms with Gasteiger partial charge in [0.05, 0.1) is 6.61 Å². The molecule has 0 spiro atoms. The number of carbonyl (C=O) groups excluding carboxylic acids is 1. The van der Waals surface area contributed by atoms with Gasteiger partial charge in [0.15, 0.2) is 5.78 Å². The van der Waals surface area contributed by atoms with Gasteiger partial charge < -0.3 is 4.74 Å². The molecule has 1 aromatic carbocycles. The molecule has 0 amide bonds. The maximum absolute atomic E-state index is 12.5. The van der Waals surface area contributed by atoms with Crippen LogP contribution in [0.15, 0.2) is 18.2 Å². The minimum absolute atomic E-state index is 0.302. The molecule has 2 unspecified atom stereocenters. The van der Waals surface area contributed by atoms with E-state index in [0.29, 0.717) is 11.7 Å². The lowest BCUT2D eigenvalue weighted by molar-refractivity contribution is 0.0914. The lowest BCUT2D eigenvalue weighted by Crippen LogP contribution is -2.15. The third kappa shape index (κ3) is 1.66. The van der Waals surface area contributed by atoms with Crippen molar-refractivity contribution in [2.75, 3.05) is 6.61 Å². The molecule has 1 aromatic rings. The van der Waals surface area contributed by atoms with Crippen LogP contribution >= 0.6 is 0 Å². The third-order valence-electron chi connectivity index (χ3n) is 4.81. The molecule has 1 heterocycles. The molecule has 2 atom stereocenters. The first-order chi connectivity index (χ1) is 8.81. The van der Waals surface area contributed by atoms with Crippen molar-refractivity contribution in [2.24, 2.45) is 17.8 Å². The molecule has 18 heavy (non-hydrogen) atoms. The van der Waals surface area contributed by atoms with E-state index in [1.807, 2.05) is 12.1 Å². The van der Waals surface area contributed by atoms with E-state index in [-0.39, 0.29) is 0 Å². The van der Waals surface area contributed by atoms with Crippen LogP contribution in [0.5, 0.6) is 5.75 Å². The first kappa shape index (κ1) is 10.6. The number of carbonyl (C=O) groups is 1. The maximum Gasteiger partial charge on any atom is 0.165 e. The predicted molar refractivity (Wildman–Crippen MR) is 68.9 cm³/mol. The Bertz CT molecular complexity index is 496. The van der Waals surface area contributed by atoms with Crippen molar-refractivity contribution in [2.45, 2.75) is 32.1 Å². The van der Waals surface area contributed by atoms with E-state index in [1.165, 1.54) is 12.0 Å². The monoisotopic (exact) mass is 242 g/mol. The molecule has 2 saturated carbocycles. The van der Waals surface area contributed by atoms with Crippen LogP contribution in [-0.2, 0) is 6.42 Å². The number of rotatable bonds is 2. The predicted octanol–water partition coefficient (Wildman–Crippen LogP) is 3.24. The summed E-state index contributed by atoms with van der Waals surface area (Å²) in [7, 11) is 0. The number of hydrogen-bond acceptors (Lipinski definition) is 2. The first-order valence-electron chi connectivity index (χ1n) is 7.11. The molecule has 2 fully saturated rings. The number of Topliss-reactive ketones (excluding diaryl/α,β-unsaturated/α-hetero) is 1. The number of hydrogen-bond donors (Lipinski definition) is 0. The van der Waals surface area contributed by atoms with Gasteiger partial charge in [-0.05, 0) is 67.7 Å². The second-order valence-electron chi connectivity index (χ2n) is 6.06. The lowest BCUT2D eigenvalue weighted by atomic mass is 9.91. The minimum Gasteiger partial charge on any atom is -0.493 e. The number of benzene rings is 1. The molecule has 1 aliphatic heterocycles. The van der Waals surface area contributed by atoms with Crippen LogP contribution in [0.3, 0.4) is 0 Å². The van der Waals surface area contributed by atoms with E-state index in [1.54, 1.807) is 0 Å². The Hall–Kier alpha value is -1.31. The molecular weight excluding hydrogens is 224 g/mol. The Morgan fingerprint density at radius 1 is 1.17 bits per heavy atom. The highest BCUT2D eigenvalue weighted by Crippen LogP contribution is 2.55. The Labute approximate surface area is 107 Å². The van der Waals surface area contributed by atoms with Crippen LogP contribution in [0.25, 0.3) is 0 Å². The zero-order valence-corrected chi connectivity index (χ0v) is 10.5. The van der Waals surface area contributed by atoms with Crippen molar-refractivity contribution in [3.63, 3.8) is 0 Å². The summed E-state index contributed by atoms with van der Waals surface area (Å²) in [6.45, 7) is 0.812. The van der Waals surface area contributed by atoms with Gasteiger partial charge in [-0.1, -0.05) is 0 Å². The number of aryl methyl sites for hydroxylation is 1. The van der Waals surface area contributed by atoms with Crippen LogP contribution in [0.2, 0.25) is 0 Å². The molecule has 2 nitrogen and oxygen atoms in total. The van der Waals surface area contributed by atoms with Crippen molar-refractivity contribution >= 4 is 5.78 Å². The van der Waals surface area contributed by atoms with Crippen LogP contribution in [0, 0.1) is 17.8 Å². The van der Waals surface area contributed by atoms with E-state index >= 15 is 0 Å². The fraction of sp³-hybridized carbons (Fsp3) is 0.562. The fourth-order valence-electron chi connectivity index (χ4n) is 3.68. The van der Waals surface area contributed by atoms with E-state index in [0.717, 1.165) is 55.4 Å². The molecule has 0 radical (unpaired) electrons. The normalized spacial score (nSPS) is 32.3. The van der Waals surface area contributed by atoms with Crippen LogP contribution in [0.1, 0.15) is 41.6 Å². The summed E-state index contributed by atoms with van der Waals surface area (Å²) in [4.78, 5) is 12.5. The van der Waals surface area contributed by atoms with Gasteiger partial charge in [0.2, 0.25) is 0 Å². The van der Waals surface area contributed by atoms with Gasteiger partial charge in [0.25, 0.3) is 0 Å². The van der Waals surface area contributed by atoms with Crippen molar-refractivity contribution < 1.29 is 9.53 Å². The van der Waals surface area contributed by atoms with Crippen molar-refractivity contribution in [1.29, 1.82) is 0 Å². The molecule has 0 saturated heterocycles. The van der Waals surface area contributed by atoms with E-state index in [9.17, 15) is 4.79 Å². The highest BCUT2D eigenvalue weighted by atomic mass is 16.5. The van der Waals surface area contributed by atoms with Gasteiger partial charge in [-0.3, -0.25) is 4.79 Å². The average Bonchev–Trinajstić information content (AvgIpc) is 3.04. The van der Waals surface area contributed by atoms with Gasteiger partial charge in [-0.25, -0.2) is 0 Å². The van der Waals surface area contributed by atoms with E-state index in [4.69, 9.17) is 4.74 Å². The largest absolute Gasteiger partial charge is 0.493 e. The summed E-state index contributed by atoms with van der Waals surface area (Å²) in [5.74, 6) is 3.40. The summed E-state index contributed by atoms with van der Waals surface area (Å²) >= 11 is 0. The second kappa shape index (κ2) is 3.84. The van der Waals surface area contributed by atoms with Gasteiger partial charge in [-0.15, -0.1) is 0 Å². The number of ether oxygens (including phenoxy) is 1. The summed E-state index contributed by atoms with van der Waals surface area (Å²) in [5, 5.41) is 0. The summed E-state index contributed by atoms with van der Waals surface area (Å²) in [6, 6.07) is 6.01. The van der Waals surface area contributed by atoms with Crippen LogP contribution < -0.4 is 4.74 Å². The molecule has 0 bridgehead atoms. The summed E-state index contributed by atoms with van der Waals surface area (Å²) in [6.07, 6.45) is 5.76. The topological polar surface area (TPSA) is 26.3 Å². The molecule has 2 aliphatic carbocycles. The molecule has 0 aromatic heterocycles. The zero-order chi connectivity index (χ0) is 12.1. The Morgan fingerprint density at radius 3 is 2.83 bits per heavy atom. The average molecular weight is 242 g/mol. The number of fused-ring (bicyclic) bond motifs is 2. The van der Waals surface area contributed by atoms with Crippen molar-refractivity contribution in [1.82, 2.24) is 0 Å². The van der Waals surface area contributed by atoms with Crippen LogP contribution in [0.4, 0.5) is 0 Å². The molecular formula is C16H18O2. The molecule has 4 rings (SSSR count). The molecule has 3 aliphatic rings. The summed E-state index contributed by atoms with van der Waals surface area (Å²) < 4.78 is 5.60.